The van der Waals surface area contributed by atoms with Gasteiger partial charge in [0, 0.05) is 0 Å². The van der Waals surface area contributed by atoms with Gasteiger partial charge in [-0.25, -0.2) is 0 Å². The molecule has 0 saturated carbocycles. The fourth-order valence-corrected chi connectivity index (χ4v) is 0.507. The second-order valence-corrected chi connectivity index (χ2v) is 1.59. The van der Waals surface area contributed by atoms with Crippen LogP contribution in [0.4, 0.5) is 0 Å². The number of hydrogen-bond donors (Lipinski definition) is 0. The first-order chi connectivity index (χ1) is 4.33. The van der Waals surface area contributed by atoms with Gasteiger partial charge in [0.25, 0.3) is 0 Å². The summed E-state index contributed by atoms with van der Waals surface area (Å²) in [6, 6.07) is 0. The Morgan fingerprint density at radius 1 is 1.20 bits per heavy atom. The minimum atomic E-state index is -0.109. The SMILES string of the molecule is O=C1C=CC(=N[O-])C=C1.[K+]. The van der Waals surface area contributed by atoms with Crippen LogP contribution in [0, 0.1) is 5.21 Å². The molecule has 0 aliphatic heterocycles. The Hall–Kier alpha value is 0.256. The van der Waals surface area contributed by atoms with Gasteiger partial charge in [0.15, 0.2) is 5.78 Å². The maximum absolute atomic E-state index is 10.4. The maximum atomic E-state index is 10.4. The Morgan fingerprint density at radius 3 is 2.10 bits per heavy atom. The first-order valence-corrected chi connectivity index (χ1v) is 2.43. The van der Waals surface area contributed by atoms with E-state index >= 15 is 0 Å². The minimum absolute atomic E-state index is 0. The molecule has 4 heteroatoms. The summed E-state index contributed by atoms with van der Waals surface area (Å²) < 4.78 is 0. The molecule has 0 radical (unpaired) electrons. The van der Waals surface area contributed by atoms with Crippen LogP contribution in [0.25, 0.3) is 0 Å². The predicted octanol–water partition coefficient (Wildman–Crippen LogP) is -2.38. The predicted molar refractivity (Wildman–Crippen MR) is 34.1 cm³/mol. The quantitative estimate of drug-likeness (QED) is 0.226. The number of nitrogens with zero attached hydrogens (tertiary/aromatic N) is 1. The van der Waals surface area contributed by atoms with Crippen LogP contribution in [0.2, 0.25) is 0 Å². The summed E-state index contributed by atoms with van der Waals surface area (Å²) in [7, 11) is 0. The van der Waals surface area contributed by atoms with Crippen LogP contribution in [0.3, 0.4) is 0 Å². The number of hydrogen-bond acceptors (Lipinski definition) is 3. The van der Waals surface area contributed by atoms with Gasteiger partial charge in [0.2, 0.25) is 0 Å². The Kier molecular flexibility index (Phi) is 5.11. The monoisotopic (exact) mass is 161 g/mol. The first-order valence-electron chi connectivity index (χ1n) is 2.43. The molecule has 0 aromatic rings. The van der Waals surface area contributed by atoms with E-state index in [2.05, 4.69) is 5.16 Å². The fourth-order valence-electron chi connectivity index (χ4n) is 0.507. The molecule has 0 bridgehead atoms. The van der Waals surface area contributed by atoms with E-state index in [1.165, 1.54) is 24.3 Å². The zero-order valence-electron chi connectivity index (χ0n) is 5.57. The summed E-state index contributed by atoms with van der Waals surface area (Å²) in [6.07, 6.45) is 5.37. The molecule has 0 atom stereocenters. The van der Waals surface area contributed by atoms with Crippen LogP contribution >= 0.6 is 0 Å². The van der Waals surface area contributed by atoms with Crippen molar-refractivity contribution in [2.45, 2.75) is 0 Å². The van der Waals surface area contributed by atoms with Crippen LogP contribution < -0.4 is 51.4 Å². The molecular weight excluding hydrogens is 157 g/mol. The van der Waals surface area contributed by atoms with Crippen LogP contribution in [0.15, 0.2) is 29.5 Å². The van der Waals surface area contributed by atoms with Crippen molar-refractivity contribution in [1.29, 1.82) is 0 Å². The van der Waals surface area contributed by atoms with Crippen molar-refractivity contribution in [3.05, 3.63) is 29.5 Å². The Morgan fingerprint density at radius 2 is 1.70 bits per heavy atom. The summed E-state index contributed by atoms with van der Waals surface area (Å²) in [6.45, 7) is 0. The van der Waals surface area contributed by atoms with Crippen molar-refractivity contribution in [2.75, 3.05) is 0 Å². The average Bonchev–Trinajstić information content (AvgIpc) is 1.90. The number of carbonyl (C=O) groups is 1. The molecule has 0 N–H and O–H groups in total. The summed E-state index contributed by atoms with van der Waals surface area (Å²) >= 11 is 0. The molecule has 46 valence electrons. The molecule has 0 unspecified atom stereocenters. The molecule has 0 fully saturated rings. The summed E-state index contributed by atoms with van der Waals surface area (Å²) in [5.74, 6) is -0.109. The van der Waals surface area contributed by atoms with Crippen molar-refractivity contribution in [3.8, 4) is 0 Å². The molecule has 3 nitrogen and oxygen atoms in total. The number of carbonyl (C=O) groups excluding carboxylic acids is 1. The smallest absolute Gasteiger partial charge is 0.792 e. The summed E-state index contributed by atoms with van der Waals surface area (Å²) in [5, 5.41) is 12.4. The van der Waals surface area contributed by atoms with E-state index in [1.807, 2.05) is 0 Å². The minimum Gasteiger partial charge on any atom is -0.792 e. The zero-order valence-corrected chi connectivity index (χ0v) is 8.70. The Bertz CT molecular complexity index is 200. The van der Waals surface area contributed by atoms with Gasteiger partial charge in [0.05, 0.1) is 5.71 Å². The van der Waals surface area contributed by atoms with E-state index in [0.717, 1.165) is 0 Å². The third kappa shape index (κ3) is 2.89. The summed E-state index contributed by atoms with van der Waals surface area (Å²) in [5.41, 5.74) is 0.287. The standard InChI is InChI=1S/C6H5NO2.K/c8-6-3-1-5(7-9)2-4-6;/h1-4,9H;/q;+1/p-1. The van der Waals surface area contributed by atoms with Gasteiger partial charge in [-0.05, 0) is 24.3 Å². The van der Waals surface area contributed by atoms with Gasteiger partial charge < -0.3 is 10.4 Å². The molecule has 0 aromatic heterocycles. The number of allylic oxidation sites excluding steroid dienone is 4. The molecule has 0 saturated heterocycles. The van der Waals surface area contributed by atoms with E-state index in [4.69, 9.17) is 0 Å². The van der Waals surface area contributed by atoms with Gasteiger partial charge in [0.1, 0.15) is 0 Å². The summed E-state index contributed by atoms with van der Waals surface area (Å²) in [4.78, 5) is 10.4. The zero-order chi connectivity index (χ0) is 6.69. The van der Waals surface area contributed by atoms with Gasteiger partial charge in [-0.2, -0.15) is 0 Å². The van der Waals surface area contributed by atoms with E-state index in [0.29, 0.717) is 0 Å². The topological polar surface area (TPSA) is 52.5 Å². The van der Waals surface area contributed by atoms with Crippen molar-refractivity contribution in [2.24, 2.45) is 5.16 Å². The van der Waals surface area contributed by atoms with Crippen LogP contribution in [0.1, 0.15) is 0 Å². The third-order valence-electron chi connectivity index (χ3n) is 0.942. The maximum Gasteiger partial charge on any atom is 1.00 e. The largest absolute Gasteiger partial charge is 1.00 e. The van der Waals surface area contributed by atoms with Crippen LogP contribution in [0.5, 0.6) is 0 Å². The molecule has 0 aromatic carbocycles. The normalized spacial score (nSPS) is 14.8. The van der Waals surface area contributed by atoms with Crippen molar-refractivity contribution >= 4 is 11.5 Å². The molecule has 0 spiro atoms. The molecule has 10 heavy (non-hydrogen) atoms. The van der Waals surface area contributed by atoms with Gasteiger partial charge in [-0.15, -0.1) is 0 Å². The molecule has 1 aliphatic rings. The van der Waals surface area contributed by atoms with Crippen LogP contribution in [-0.2, 0) is 4.79 Å². The van der Waals surface area contributed by atoms with E-state index in [1.54, 1.807) is 0 Å². The van der Waals surface area contributed by atoms with Gasteiger partial charge in [-0.1, -0.05) is 0 Å². The van der Waals surface area contributed by atoms with E-state index in [-0.39, 0.29) is 62.9 Å². The molecule has 1 aliphatic carbocycles. The average molecular weight is 161 g/mol. The molecule has 1 rings (SSSR count). The second-order valence-electron chi connectivity index (χ2n) is 1.59. The number of ketones is 1. The number of rotatable bonds is 0. The van der Waals surface area contributed by atoms with E-state index < -0.39 is 0 Å². The molecule has 0 heterocycles. The third-order valence-corrected chi connectivity index (χ3v) is 0.942. The van der Waals surface area contributed by atoms with Crippen LogP contribution in [-0.4, -0.2) is 11.5 Å². The van der Waals surface area contributed by atoms with Crippen molar-refractivity contribution in [3.63, 3.8) is 0 Å². The Labute approximate surface area is 101 Å². The van der Waals surface area contributed by atoms with Crippen molar-refractivity contribution < 1.29 is 56.2 Å². The van der Waals surface area contributed by atoms with E-state index in [9.17, 15) is 10.0 Å². The van der Waals surface area contributed by atoms with Gasteiger partial charge in [-0.3, -0.25) is 4.79 Å². The fraction of sp³-hybridized carbons (Fsp3) is 0. The Balaban J connectivity index is 0.000000810. The van der Waals surface area contributed by atoms with Gasteiger partial charge >= 0.3 is 51.4 Å². The molecule has 0 amide bonds. The van der Waals surface area contributed by atoms with Crippen molar-refractivity contribution in [1.82, 2.24) is 0 Å². The molecular formula is C6H4KNO2. The second kappa shape index (κ2) is 4.98. The first kappa shape index (κ1) is 10.3.